The first-order valence-corrected chi connectivity index (χ1v) is 10.6. The SMILES string of the molecule is CC(C)c1ccc2c(Nc3cc(C(=O)O)ccc3Sc3ccc(N)c(F)c3)ncnc2n1. The average molecular weight is 450 g/mol. The van der Waals surface area contributed by atoms with E-state index in [2.05, 4.69) is 34.1 Å². The fourth-order valence-corrected chi connectivity index (χ4v) is 3.96. The van der Waals surface area contributed by atoms with Crippen molar-refractivity contribution in [2.45, 2.75) is 29.6 Å². The molecule has 0 aliphatic rings. The maximum atomic E-state index is 13.9. The third-order valence-corrected chi connectivity index (χ3v) is 5.86. The third-order valence-electron chi connectivity index (χ3n) is 4.79. The summed E-state index contributed by atoms with van der Waals surface area (Å²) in [5, 5.41) is 13.4. The van der Waals surface area contributed by atoms with Gasteiger partial charge in [-0.3, -0.25) is 0 Å². The summed E-state index contributed by atoms with van der Waals surface area (Å²) in [4.78, 5) is 26.0. The number of carboxylic acids is 1. The minimum atomic E-state index is -1.06. The van der Waals surface area contributed by atoms with Gasteiger partial charge in [-0.2, -0.15) is 0 Å². The number of halogens is 1. The Kier molecular flexibility index (Phi) is 5.91. The molecule has 0 atom stereocenters. The number of rotatable bonds is 6. The molecule has 32 heavy (non-hydrogen) atoms. The fourth-order valence-electron chi connectivity index (χ4n) is 3.05. The van der Waals surface area contributed by atoms with E-state index < -0.39 is 11.8 Å². The summed E-state index contributed by atoms with van der Waals surface area (Å²) in [5.41, 5.74) is 7.71. The molecule has 4 N–H and O–H groups in total. The van der Waals surface area contributed by atoms with Crippen molar-refractivity contribution in [2.75, 3.05) is 11.1 Å². The fraction of sp³-hybridized carbons (Fsp3) is 0.130. The summed E-state index contributed by atoms with van der Waals surface area (Å²) in [6.45, 7) is 4.10. The van der Waals surface area contributed by atoms with Gasteiger partial charge in [0.2, 0.25) is 0 Å². The number of nitrogens with one attached hydrogen (secondary N) is 1. The number of hydrogen-bond acceptors (Lipinski definition) is 7. The molecule has 2 heterocycles. The van der Waals surface area contributed by atoms with Gasteiger partial charge in [-0.15, -0.1) is 0 Å². The Morgan fingerprint density at radius 2 is 1.94 bits per heavy atom. The first kappa shape index (κ1) is 21.5. The van der Waals surface area contributed by atoms with Crippen LogP contribution in [0.5, 0.6) is 0 Å². The smallest absolute Gasteiger partial charge is 0.335 e. The highest BCUT2D eigenvalue weighted by Gasteiger charge is 2.14. The van der Waals surface area contributed by atoms with E-state index in [1.54, 1.807) is 12.1 Å². The van der Waals surface area contributed by atoms with Gasteiger partial charge in [0.1, 0.15) is 18.0 Å². The summed E-state index contributed by atoms with van der Waals surface area (Å²) in [5.74, 6) is -0.827. The van der Waals surface area contributed by atoms with E-state index in [4.69, 9.17) is 5.73 Å². The summed E-state index contributed by atoms with van der Waals surface area (Å²) in [7, 11) is 0. The maximum Gasteiger partial charge on any atom is 0.335 e. The number of hydrogen-bond donors (Lipinski definition) is 3. The minimum absolute atomic E-state index is 0.0645. The van der Waals surface area contributed by atoms with Crippen LogP contribution >= 0.6 is 11.8 Å². The Bertz CT molecular complexity index is 1330. The van der Waals surface area contributed by atoms with E-state index in [-0.39, 0.29) is 17.2 Å². The van der Waals surface area contributed by atoms with Crippen molar-refractivity contribution >= 4 is 46.0 Å². The molecule has 0 unspecified atom stereocenters. The maximum absolute atomic E-state index is 13.9. The zero-order valence-corrected chi connectivity index (χ0v) is 18.2. The molecule has 0 aliphatic carbocycles. The molecule has 4 rings (SSSR count). The van der Waals surface area contributed by atoms with Crippen LogP contribution in [0, 0.1) is 5.82 Å². The van der Waals surface area contributed by atoms with E-state index in [0.717, 1.165) is 5.69 Å². The van der Waals surface area contributed by atoms with Crippen LogP contribution in [-0.4, -0.2) is 26.0 Å². The summed E-state index contributed by atoms with van der Waals surface area (Å²) < 4.78 is 13.9. The number of carbonyl (C=O) groups is 1. The van der Waals surface area contributed by atoms with Crippen LogP contribution < -0.4 is 11.1 Å². The average Bonchev–Trinajstić information content (AvgIpc) is 2.77. The second-order valence-corrected chi connectivity index (χ2v) is 8.53. The Labute approximate surface area is 187 Å². The van der Waals surface area contributed by atoms with E-state index in [1.165, 1.54) is 42.4 Å². The number of pyridine rings is 1. The lowest BCUT2D eigenvalue weighted by atomic mass is 10.1. The molecular weight excluding hydrogens is 429 g/mol. The Morgan fingerprint density at radius 1 is 1.12 bits per heavy atom. The topological polar surface area (TPSA) is 114 Å². The van der Waals surface area contributed by atoms with Gasteiger partial charge in [0.25, 0.3) is 0 Å². The molecule has 0 saturated carbocycles. The number of nitrogens with two attached hydrogens (primary N) is 1. The highest BCUT2D eigenvalue weighted by Crippen LogP contribution is 2.37. The van der Waals surface area contributed by atoms with Gasteiger partial charge in [0.05, 0.1) is 22.3 Å². The number of nitrogens with zero attached hydrogens (tertiary/aromatic N) is 3. The van der Waals surface area contributed by atoms with Crippen LogP contribution in [-0.2, 0) is 0 Å². The molecule has 0 bridgehead atoms. The second-order valence-electron chi connectivity index (χ2n) is 7.41. The van der Waals surface area contributed by atoms with Crippen molar-refractivity contribution in [3.63, 3.8) is 0 Å². The normalized spacial score (nSPS) is 11.1. The molecule has 0 amide bonds. The van der Waals surface area contributed by atoms with Gasteiger partial charge in [-0.1, -0.05) is 25.6 Å². The molecule has 2 aromatic carbocycles. The van der Waals surface area contributed by atoms with Gasteiger partial charge in [0, 0.05) is 15.5 Å². The highest BCUT2D eigenvalue weighted by atomic mass is 32.2. The molecule has 0 radical (unpaired) electrons. The van der Waals surface area contributed by atoms with Crippen molar-refractivity contribution in [2.24, 2.45) is 0 Å². The first-order valence-electron chi connectivity index (χ1n) is 9.80. The van der Waals surface area contributed by atoms with E-state index >= 15 is 0 Å². The molecular formula is C23H20FN5O2S. The largest absolute Gasteiger partial charge is 0.478 e. The third kappa shape index (κ3) is 4.47. The molecule has 4 aromatic rings. The molecule has 0 saturated heterocycles. The van der Waals surface area contributed by atoms with Gasteiger partial charge >= 0.3 is 5.97 Å². The zero-order valence-electron chi connectivity index (χ0n) is 17.3. The number of aromatic carboxylic acids is 1. The monoisotopic (exact) mass is 449 g/mol. The van der Waals surface area contributed by atoms with E-state index in [1.807, 2.05) is 12.1 Å². The minimum Gasteiger partial charge on any atom is -0.478 e. The lowest BCUT2D eigenvalue weighted by Gasteiger charge is -2.14. The van der Waals surface area contributed by atoms with Crippen molar-refractivity contribution in [3.8, 4) is 0 Å². The van der Waals surface area contributed by atoms with Crippen LogP contribution in [0.2, 0.25) is 0 Å². The van der Waals surface area contributed by atoms with Crippen molar-refractivity contribution in [3.05, 3.63) is 71.9 Å². The molecule has 0 fully saturated rings. The van der Waals surface area contributed by atoms with E-state index in [0.29, 0.717) is 32.3 Å². The van der Waals surface area contributed by atoms with Crippen molar-refractivity contribution in [1.29, 1.82) is 0 Å². The number of carboxylic acid groups (broad SMARTS) is 1. The predicted octanol–water partition coefficient (Wildman–Crippen LogP) is 5.46. The standard InChI is InChI=1S/C23H20FN5O2S/c1-12(2)18-7-5-15-21(28-18)26-11-27-22(15)29-19-9-13(23(30)31)3-8-20(19)32-14-4-6-17(25)16(24)10-14/h3-12H,25H2,1-2H3,(H,30,31)(H,26,27,28,29). The summed E-state index contributed by atoms with van der Waals surface area (Å²) in [6, 6.07) is 13.0. The van der Waals surface area contributed by atoms with Gasteiger partial charge in [-0.05, 0) is 54.4 Å². The number of nitrogen functional groups attached to an aromatic ring is 1. The van der Waals surface area contributed by atoms with Gasteiger partial charge in [0.15, 0.2) is 5.65 Å². The molecule has 2 aromatic heterocycles. The van der Waals surface area contributed by atoms with Crippen molar-refractivity contribution < 1.29 is 14.3 Å². The number of benzene rings is 2. The molecule has 0 aliphatic heterocycles. The lowest BCUT2D eigenvalue weighted by Crippen LogP contribution is -2.02. The van der Waals surface area contributed by atoms with Crippen molar-refractivity contribution in [1.82, 2.24) is 15.0 Å². The quantitative estimate of drug-likeness (QED) is 0.332. The first-order chi connectivity index (χ1) is 15.3. The summed E-state index contributed by atoms with van der Waals surface area (Å²) >= 11 is 1.28. The predicted molar refractivity (Wildman–Crippen MR) is 123 cm³/mol. The van der Waals surface area contributed by atoms with Gasteiger partial charge in [-0.25, -0.2) is 24.1 Å². The molecule has 7 nitrogen and oxygen atoms in total. The Balaban J connectivity index is 1.75. The Morgan fingerprint density at radius 3 is 2.66 bits per heavy atom. The summed E-state index contributed by atoms with van der Waals surface area (Å²) in [6.07, 6.45) is 1.41. The second kappa shape index (κ2) is 8.80. The number of anilines is 3. The van der Waals surface area contributed by atoms with Crippen LogP contribution in [0.1, 0.15) is 35.8 Å². The van der Waals surface area contributed by atoms with E-state index in [9.17, 15) is 14.3 Å². The number of fused-ring (bicyclic) bond motifs is 1. The molecule has 0 spiro atoms. The van der Waals surface area contributed by atoms with Crippen LogP contribution in [0.15, 0.2) is 64.6 Å². The Hall–Kier alpha value is -3.72. The molecule has 162 valence electrons. The number of aromatic nitrogens is 3. The van der Waals surface area contributed by atoms with Crippen LogP contribution in [0.4, 0.5) is 21.6 Å². The molecule has 9 heteroatoms. The van der Waals surface area contributed by atoms with Crippen LogP contribution in [0.3, 0.4) is 0 Å². The van der Waals surface area contributed by atoms with Gasteiger partial charge < -0.3 is 16.2 Å². The zero-order chi connectivity index (χ0) is 22.8. The highest BCUT2D eigenvalue weighted by molar-refractivity contribution is 7.99. The van der Waals surface area contributed by atoms with Crippen LogP contribution in [0.25, 0.3) is 11.0 Å². The lowest BCUT2D eigenvalue weighted by molar-refractivity contribution is 0.0697.